The number of hydrogen-bond acceptors (Lipinski definition) is 7. The molecule has 29 heavy (non-hydrogen) atoms. The molecule has 3 heterocycles. The Morgan fingerprint density at radius 3 is 2.62 bits per heavy atom. The number of nitrogens with one attached hydrogen (secondary N) is 1. The van der Waals surface area contributed by atoms with Gasteiger partial charge in [-0.25, -0.2) is 4.79 Å². The molecule has 1 aromatic heterocycles. The minimum Gasteiger partial charge on any atom is -0.489 e. The van der Waals surface area contributed by atoms with E-state index in [1.54, 1.807) is 6.20 Å². The number of aliphatic hydroxyl groups is 1. The molecule has 0 amide bonds. The van der Waals surface area contributed by atoms with E-state index in [-0.39, 0.29) is 6.10 Å². The second kappa shape index (κ2) is 12.2. The van der Waals surface area contributed by atoms with Crippen molar-refractivity contribution in [2.24, 2.45) is 5.92 Å². The van der Waals surface area contributed by atoms with Crippen LogP contribution in [0.4, 0.5) is 0 Å². The maximum Gasteiger partial charge on any atom is 0.333 e. The van der Waals surface area contributed by atoms with Gasteiger partial charge in [-0.1, -0.05) is 12.2 Å². The van der Waals surface area contributed by atoms with Crippen LogP contribution in [0.25, 0.3) is 6.08 Å². The van der Waals surface area contributed by atoms with E-state index < -0.39 is 24.5 Å². The zero-order valence-electron chi connectivity index (χ0n) is 16.2. The lowest BCUT2D eigenvalue weighted by atomic mass is 10.1. The molecule has 9 nitrogen and oxygen atoms in total. The quantitative estimate of drug-likeness (QED) is 0.523. The first-order chi connectivity index (χ1) is 13.9. The molecule has 9 heteroatoms. The molecular weight excluding hydrogens is 380 g/mol. The molecule has 0 aromatic carbocycles. The second-order valence-electron chi connectivity index (χ2n) is 6.95. The standard InChI is InChI=1S/C16H22N2O2.C4H6O5/c1(13-3-6-17-10-13)2-14-9-16(12-18-11-14)20-15-4-7-19-8-5-15;5-2(4(8)9)1-3(6)7/h1-2,9,11-13,15,17H,3-8,10H2;2,5H,1H2,(H,6,7)(H,8,9). The molecule has 2 aliphatic heterocycles. The molecule has 0 spiro atoms. The molecular formula is C20H28N2O7. The Bertz CT molecular complexity index is 683. The predicted octanol–water partition coefficient (Wildman–Crippen LogP) is 1.17. The number of ether oxygens (including phenoxy) is 2. The Hall–Kier alpha value is -2.49. The first kappa shape index (κ1) is 22.8. The number of nitrogens with zero attached hydrogens (tertiary/aromatic N) is 1. The Labute approximate surface area is 169 Å². The van der Waals surface area contributed by atoms with E-state index in [0.717, 1.165) is 50.5 Å². The third kappa shape index (κ3) is 9.03. The third-order valence-corrected chi connectivity index (χ3v) is 4.52. The average molecular weight is 408 g/mol. The van der Waals surface area contributed by atoms with Crippen LogP contribution >= 0.6 is 0 Å². The first-order valence-corrected chi connectivity index (χ1v) is 9.65. The van der Waals surface area contributed by atoms with E-state index in [1.807, 2.05) is 6.20 Å². The molecule has 2 fully saturated rings. The van der Waals surface area contributed by atoms with Crippen molar-refractivity contribution in [3.63, 3.8) is 0 Å². The van der Waals surface area contributed by atoms with Gasteiger partial charge in [-0.2, -0.15) is 0 Å². The zero-order valence-corrected chi connectivity index (χ0v) is 16.2. The minimum absolute atomic E-state index is 0.267. The van der Waals surface area contributed by atoms with Gasteiger partial charge in [0.15, 0.2) is 6.10 Å². The van der Waals surface area contributed by atoms with Crippen molar-refractivity contribution in [3.8, 4) is 5.75 Å². The molecule has 2 aliphatic rings. The zero-order chi connectivity index (χ0) is 21.1. The highest BCUT2D eigenvalue weighted by Gasteiger charge is 2.16. The summed E-state index contributed by atoms with van der Waals surface area (Å²) in [5, 5.41) is 27.5. The normalized spacial score (nSPS) is 20.7. The van der Waals surface area contributed by atoms with E-state index in [2.05, 4.69) is 28.5 Å². The summed E-state index contributed by atoms with van der Waals surface area (Å²) in [7, 11) is 0. The number of aromatic nitrogens is 1. The topological polar surface area (TPSA) is 138 Å². The van der Waals surface area contributed by atoms with Crippen LogP contribution in [0.3, 0.4) is 0 Å². The van der Waals surface area contributed by atoms with Gasteiger partial charge in [0.1, 0.15) is 11.9 Å². The van der Waals surface area contributed by atoms with E-state index in [0.29, 0.717) is 5.92 Å². The lowest BCUT2D eigenvalue weighted by Crippen LogP contribution is -2.25. The van der Waals surface area contributed by atoms with Crippen molar-refractivity contribution < 1.29 is 34.4 Å². The van der Waals surface area contributed by atoms with Gasteiger partial charge in [-0.3, -0.25) is 9.78 Å². The molecule has 2 unspecified atom stereocenters. The second-order valence-corrected chi connectivity index (χ2v) is 6.95. The summed E-state index contributed by atoms with van der Waals surface area (Å²) < 4.78 is 11.3. The highest BCUT2D eigenvalue weighted by atomic mass is 16.5. The fourth-order valence-electron chi connectivity index (χ4n) is 2.92. The van der Waals surface area contributed by atoms with Gasteiger partial charge in [0.2, 0.25) is 0 Å². The number of aliphatic carboxylic acids is 2. The van der Waals surface area contributed by atoms with Crippen LogP contribution in [-0.2, 0) is 14.3 Å². The first-order valence-electron chi connectivity index (χ1n) is 9.65. The van der Waals surface area contributed by atoms with Gasteiger partial charge in [0.05, 0.1) is 25.8 Å². The maximum absolute atomic E-state index is 9.72. The highest BCUT2D eigenvalue weighted by Crippen LogP contribution is 2.19. The number of carboxylic acid groups (broad SMARTS) is 2. The smallest absolute Gasteiger partial charge is 0.333 e. The van der Waals surface area contributed by atoms with Gasteiger partial charge in [-0.15, -0.1) is 0 Å². The lowest BCUT2D eigenvalue weighted by molar-refractivity contribution is -0.152. The Morgan fingerprint density at radius 2 is 2.03 bits per heavy atom. The average Bonchev–Trinajstić information content (AvgIpc) is 3.21. The van der Waals surface area contributed by atoms with Gasteiger partial charge < -0.3 is 30.1 Å². The monoisotopic (exact) mass is 408 g/mol. The highest BCUT2D eigenvalue weighted by molar-refractivity contribution is 5.79. The SMILES string of the molecule is C(=CC1CCNC1)c1cncc(OC2CCOCC2)c1.O=C(O)CC(O)C(=O)O. The summed E-state index contributed by atoms with van der Waals surface area (Å²) in [6.07, 6.45) is 8.99. The minimum atomic E-state index is -1.79. The Balaban J connectivity index is 0.000000284. The lowest BCUT2D eigenvalue weighted by Gasteiger charge is -2.23. The fourth-order valence-corrected chi connectivity index (χ4v) is 2.92. The number of hydrogen-bond donors (Lipinski definition) is 4. The van der Waals surface area contributed by atoms with Crippen LogP contribution in [0.5, 0.6) is 5.75 Å². The van der Waals surface area contributed by atoms with E-state index in [1.165, 1.54) is 6.42 Å². The number of carboxylic acids is 2. The predicted molar refractivity (Wildman–Crippen MR) is 105 cm³/mol. The largest absolute Gasteiger partial charge is 0.489 e. The van der Waals surface area contributed by atoms with E-state index in [4.69, 9.17) is 24.8 Å². The molecule has 2 saturated heterocycles. The van der Waals surface area contributed by atoms with E-state index >= 15 is 0 Å². The summed E-state index contributed by atoms with van der Waals surface area (Å²) in [5.41, 5.74) is 1.11. The van der Waals surface area contributed by atoms with Gasteiger partial charge in [-0.05, 0) is 30.5 Å². The molecule has 0 saturated carbocycles. The van der Waals surface area contributed by atoms with Crippen molar-refractivity contribution in [2.75, 3.05) is 26.3 Å². The van der Waals surface area contributed by atoms with Crippen LogP contribution in [0.15, 0.2) is 24.5 Å². The maximum atomic E-state index is 9.72. The van der Waals surface area contributed by atoms with Crippen LogP contribution in [-0.4, -0.2) is 70.8 Å². The molecule has 4 N–H and O–H groups in total. The van der Waals surface area contributed by atoms with Gasteiger partial charge in [0, 0.05) is 25.6 Å². The van der Waals surface area contributed by atoms with Gasteiger partial charge >= 0.3 is 11.9 Å². The molecule has 0 radical (unpaired) electrons. The van der Waals surface area contributed by atoms with Crippen molar-refractivity contribution >= 4 is 18.0 Å². The molecule has 2 atom stereocenters. The summed E-state index contributed by atoms with van der Waals surface area (Å²) >= 11 is 0. The summed E-state index contributed by atoms with van der Waals surface area (Å²) in [6.45, 7) is 3.81. The fraction of sp³-hybridized carbons (Fsp3) is 0.550. The Kier molecular flexibility index (Phi) is 9.55. The van der Waals surface area contributed by atoms with Crippen molar-refractivity contribution in [1.82, 2.24) is 10.3 Å². The summed E-state index contributed by atoms with van der Waals surface area (Å²) in [5.74, 6) is -1.33. The van der Waals surface area contributed by atoms with Crippen LogP contribution < -0.4 is 10.1 Å². The third-order valence-electron chi connectivity index (χ3n) is 4.52. The number of aliphatic hydroxyl groups excluding tert-OH is 1. The Morgan fingerprint density at radius 1 is 1.28 bits per heavy atom. The van der Waals surface area contributed by atoms with Crippen LogP contribution in [0, 0.1) is 5.92 Å². The number of pyridine rings is 1. The van der Waals surface area contributed by atoms with Crippen molar-refractivity contribution in [1.29, 1.82) is 0 Å². The van der Waals surface area contributed by atoms with Crippen LogP contribution in [0.2, 0.25) is 0 Å². The molecule has 0 bridgehead atoms. The summed E-state index contributed by atoms with van der Waals surface area (Å²) in [6, 6.07) is 2.07. The molecule has 160 valence electrons. The van der Waals surface area contributed by atoms with Crippen molar-refractivity contribution in [2.45, 2.75) is 37.9 Å². The molecule has 0 aliphatic carbocycles. The van der Waals surface area contributed by atoms with Crippen LogP contribution in [0.1, 0.15) is 31.2 Å². The van der Waals surface area contributed by atoms with E-state index in [9.17, 15) is 9.59 Å². The van der Waals surface area contributed by atoms with Crippen molar-refractivity contribution in [3.05, 3.63) is 30.1 Å². The number of carbonyl (C=O) groups is 2. The molecule has 1 aromatic rings. The molecule has 3 rings (SSSR count). The number of rotatable bonds is 7. The summed E-state index contributed by atoms with van der Waals surface area (Å²) in [4.78, 5) is 23.7. The van der Waals surface area contributed by atoms with Gasteiger partial charge in [0.25, 0.3) is 0 Å².